The molecule has 29 heavy (non-hydrogen) atoms. The lowest BCUT2D eigenvalue weighted by Gasteiger charge is -2.22. The van der Waals surface area contributed by atoms with Gasteiger partial charge in [0.15, 0.2) is 6.10 Å². The molecule has 0 fully saturated rings. The molecule has 0 unspecified atom stereocenters. The number of hydrogen-bond donors (Lipinski definition) is 0. The first-order valence-electron chi connectivity index (χ1n) is 9.14. The van der Waals surface area contributed by atoms with Crippen LogP contribution in [0.25, 0.3) is 11.4 Å². The molecular formula is C21H22ClN3O4. The van der Waals surface area contributed by atoms with E-state index in [2.05, 4.69) is 10.1 Å². The van der Waals surface area contributed by atoms with E-state index < -0.39 is 6.10 Å². The summed E-state index contributed by atoms with van der Waals surface area (Å²) in [4.78, 5) is 18.7. The van der Waals surface area contributed by atoms with Gasteiger partial charge in [-0.2, -0.15) is 4.98 Å². The summed E-state index contributed by atoms with van der Waals surface area (Å²) in [6, 6.07) is 14.3. The normalized spacial score (nSPS) is 11.7. The smallest absolute Gasteiger partial charge is 0.263 e. The second-order valence-corrected chi connectivity index (χ2v) is 6.84. The summed E-state index contributed by atoms with van der Waals surface area (Å²) in [5, 5.41) is 4.54. The topological polar surface area (TPSA) is 77.7 Å². The number of methoxy groups -OCH3 is 1. The van der Waals surface area contributed by atoms with Crippen molar-refractivity contribution in [3.63, 3.8) is 0 Å². The molecule has 1 amide bonds. The molecule has 0 aliphatic rings. The van der Waals surface area contributed by atoms with E-state index in [1.165, 1.54) is 4.90 Å². The molecule has 152 valence electrons. The van der Waals surface area contributed by atoms with Gasteiger partial charge in [0.1, 0.15) is 11.5 Å². The monoisotopic (exact) mass is 415 g/mol. The summed E-state index contributed by atoms with van der Waals surface area (Å²) in [6.07, 6.45) is -0.126. The summed E-state index contributed by atoms with van der Waals surface area (Å²) in [7, 11) is 3.28. The Morgan fingerprint density at radius 1 is 1.21 bits per heavy atom. The van der Waals surface area contributed by atoms with Crippen LogP contribution < -0.4 is 9.47 Å². The number of rotatable bonds is 8. The van der Waals surface area contributed by atoms with Crippen LogP contribution in [-0.4, -0.2) is 41.2 Å². The average molecular weight is 416 g/mol. The van der Waals surface area contributed by atoms with Gasteiger partial charge in [0.25, 0.3) is 5.91 Å². The molecular weight excluding hydrogens is 394 g/mol. The third-order valence-electron chi connectivity index (χ3n) is 4.29. The van der Waals surface area contributed by atoms with Gasteiger partial charge < -0.3 is 18.9 Å². The maximum absolute atomic E-state index is 12.8. The molecule has 0 radical (unpaired) electrons. The largest absolute Gasteiger partial charge is 0.497 e. The highest BCUT2D eigenvalue weighted by molar-refractivity contribution is 6.30. The predicted molar refractivity (Wildman–Crippen MR) is 109 cm³/mol. The molecule has 0 aliphatic heterocycles. The molecule has 1 atom stereocenters. The molecule has 1 heterocycles. The van der Waals surface area contributed by atoms with E-state index in [9.17, 15) is 4.79 Å². The first-order chi connectivity index (χ1) is 14.0. The predicted octanol–water partition coefficient (Wildman–Crippen LogP) is 4.21. The Labute approximate surface area is 174 Å². The lowest BCUT2D eigenvalue weighted by atomic mass is 10.2. The Morgan fingerprint density at radius 3 is 2.62 bits per heavy atom. The highest BCUT2D eigenvalue weighted by Crippen LogP contribution is 2.21. The van der Waals surface area contributed by atoms with Crippen molar-refractivity contribution >= 4 is 17.5 Å². The maximum Gasteiger partial charge on any atom is 0.263 e. The van der Waals surface area contributed by atoms with Crippen LogP contribution >= 0.6 is 11.6 Å². The Balaban J connectivity index is 1.64. The first kappa shape index (κ1) is 20.7. The quantitative estimate of drug-likeness (QED) is 0.548. The van der Waals surface area contributed by atoms with Crippen LogP contribution in [0.1, 0.15) is 19.2 Å². The van der Waals surface area contributed by atoms with Gasteiger partial charge in [-0.25, -0.2) is 0 Å². The molecule has 1 aromatic heterocycles. The summed E-state index contributed by atoms with van der Waals surface area (Å²) < 4.78 is 16.3. The summed E-state index contributed by atoms with van der Waals surface area (Å²) in [5.41, 5.74) is 0.797. The molecule has 0 aliphatic carbocycles. The lowest BCUT2D eigenvalue weighted by molar-refractivity contribution is -0.138. The number of carbonyl (C=O) groups excluding carboxylic acids is 1. The number of halogens is 1. The van der Waals surface area contributed by atoms with Crippen molar-refractivity contribution in [2.75, 3.05) is 14.2 Å². The van der Waals surface area contributed by atoms with Crippen molar-refractivity contribution in [2.24, 2.45) is 0 Å². The minimum absolute atomic E-state index is 0.178. The molecule has 3 aromatic rings. The Morgan fingerprint density at radius 2 is 1.97 bits per heavy atom. The SMILES string of the molecule is CC[C@H](Oc1cccc(Cl)c1)C(=O)N(C)Cc1nc(-c2ccc(OC)cc2)no1. The lowest BCUT2D eigenvalue weighted by Crippen LogP contribution is -2.39. The van der Waals surface area contributed by atoms with Crippen molar-refractivity contribution < 1.29 is 18.8 Å². The van der Waals surface area contributed by atoms with Gasteiger partial charge in [-0.3, -0.25) is 4.79 Å². The number of benzene rings is 2. The van der Waals surface area contributed by atoms with E-state index >= 15 is 0 Å². The van der Waals surface area contributed by atoms with Gasteiger partial charge in [-0.15, -0.1) is 0 Å². The fraction of sp³-hybridized carbons (Fsp3) is 0.286. The molecule has 0 N–H and O–H groups in total. The molecule has 7 nitrogen and oxygen atoms in total. The molecule has 0 saturated carbocycles. The highest BCUT2D eigenvalue weighted by Gasteiger charge is 2.24. The van der Waals surface area contributed by atoms with Gasteiger partial charge in [0.05, 0.1) is 13.7 Å². The Hall–Kier alpha value is -3.06. The number of ether oxygens (including phenoxy) is 2. The van der Waals surface area contributed by atoms with E-state index in [4.69, 9.17) is 25.6 Å². The fourth-order valence-electron chi connectivity index (χ4n) is 2.72. The zero-order valence-corrected chi connectivity index (χ0v) is 17.2. The highest BCUT2D eigenvalue weighted by atomic mass is 35.5. The van der Waals surface area contributed by atoms with Crippen molar-refractivity contribution in [3.8, 4) is 22.9 Å². The summed E-state index contributed by atoms with van der Waals surface area (Å²) in [5.74, 6) is 1.89. The van der Waals surface area contributed by atoms with Gasteiger partial charge in [-0.1, -0.05) is 29.7 Å². The van der Waals surface area contributed by atoms with Gasteiger partial charge in [0, 0.05) is 17.6 Å². The second-order valence-electron chi connectivity index (χ2n) is 6.41. The van der Waals surface area contributed by atoms with Crippen LogP contribution in [0.2, 0.25) is 5.02 Å². The third kappa shape index (κ3) is 5.26. The van der Waals surface area contributed by atoms with Crippen molar-refractivity contribution in [1.29, 1.82) is 0 Å². The number of carbonyl (C=O) groups is 1. The third-order valence-corrected chi connectivity index (χ3v) is 4.52. The molecule has 0 saturated heterocycles. The Bertz CT molecular complexity index is 959. The second kappa shape index (κ2) is 9.43. The number of amides is 1. The minimum Gasteiger partial charge on any atom is -0.497 e. The number of nitrogens with zero attached hydrogens (tertiary/aromatic N) is 3. The molecule has 2 aromatic carbocycles. The van der Waals surface area contributed by atoms with Gasteiger partial charge in [-0.05, 0) is 48.9 Å². The van der Waals surface area contributed by atoms with Crippen LogP contribution in [0.4, 0.5) is 0 Å². The van der Waals surface area contributed by atoms with Crippen LogP contribution in [0.3, 0.4) is 0 Å². The number of likely N-dealkylation sites (N-methyl/N-ethyl adjacent to an activating group) is 1. The zero-order chi connectivity index (χ0) is 20.8. The average Bonchev–Trinajstić information content (AvgIpc) is 3.20. The van der Waals surface area contributed by atoms with Crippen LogP contribution in [0.5, 0.6) is 11.5 Å². The molecule has 0 bridgehead atoms. The number of hydrogen-bond acceptors (Lipinski definition) is 6. The molecule has 0 spiro atoms. The minimum atomic E-state index is -0.637. The van der Waals surface area contributed by atoms with Crippen LogP contribution in [-0.2, 0) is 11.3 Å². The first-order valence-corrected chi connectivity index (χ1v) is 9.52. The standard InChI is InChI=1S/C21H22ClN3O4/c1-4-18(28-17-7-5-6-15(22)12-17)21(26)25(2)13-19-23-20(24-29-19)14-8-10-16(27-3)11-9-14/h5-12,18H,4,13H2,1-3H3/t18-/m0/s1. The van der Waals surface area contributed by atoms with E-state index in [0.29, 0.717) is 28.9 Å². The fourth-order valence-corrected chi connectivity index (χ4v) is 2.90. The maximum atomic E-state index is 12.8. The summed E-state index contributed by atoms with van der Waals surface area (Å²) in [6.45, 7) is 2.06. The molecule has 3 rings (SSSR count). The van der Waals surface area contributed by atoms with E-state index in [0.717, 1.165) is 11.3 Å². The van der Waals surface area contributed by atoms with Crippen LogP contribution in [0, 0.1) is 0 Å². The van der Waals surface area contributed by atoms with Crippen LogP contribution in [0.15, 0.2) is 53.1 Å². The summed E-state index contributed by atoms with van der Waals surface area (Å²) >= 11 is 5.98. The van der Waals surface area contributed by atoms with Crippen molar-refractivity contribution in [3.05, 3.63) is 59.4 Å². The van der Waals surface area contributed by atoms with Gasteiger partial charge in [0.2, 0.25) is 11.7 Å². The van der Waals surface area contributed by atoms with E-state index in [1.807, 2.05) is 31.2 Å². The van der Waals surface area contributed by atoms with Gasteiger partial charge >= 0.3 is 0 Å². The number of aromatic nitrogens is 2. The Kier molecular flexibility index (Phi) is 6.72. The van der Waals surface area contributed by atoms with E-state index in [-0.39, 0.29) is 12.5 Å². The zero-order valence-electron chi connectivity index (χ0n) is 16.5. The van der Waals surface area contributed by atoms with E-state index in [1.54, 1.807) is 38.4 Å². The van der Waals surface area contributed by atoms with Crippen molar-refractivity contribution in [2.45, 2.75) is 26.0 Å². The molecule has 8 heteroatoms. The van der Waals surface area contributed by atoms with Crippen molar-refractivity contribution in [1.82, 2.24) is 15.0 Å².